The molecule has 216 valence electrons. The first-order valence-corrected chi connectivity index (χ1v) is 15.5. The van der Waals surface area contributed by atoms with Gasteiger partial charge in [-0.15, -0.1) is 11.8 Å². The van der Waals surface area contributed by atoms with E-state index in [-0.39, 0.29) is 42.2 Å². The van der Waals surface area contributed by atoms with Crippen LogP contribution in [0.5, 0.6) is 0 Å². The molecule has 1 N–H and O–H groups in total. The number of rotatable bonds is 8. The number of nitrogens with zero attached hydrogens (tertiary/aromatic N) is 3. The smallest absolute Gasteiger partial charge is 0.311 e. The van der Waals surface area contributed by atoms with Crippen LogP contribution in [0.1, 0.15) is 40.5 Å². The third-order valence-corrected chi connectivity index (χ3v) is 10.9. The highest BCUT2D eigenvalue weighted by atomic mass is 32.2. The van der Waals surface area contributed by atoms with Crippen LogP contribution in [0.3, 0.4) is 0 Å². The first-order valence-electron chi connectivity index (χ1n) is 14.6. The minimum Gasteiger partial charge on any atom is -0.465 e. The summed E-state index contributed by atoms with van der Waals surface area (Å²) in [6.07, 6.45) is 9.37. The molecule has 4 aliphatic rings. The maximum Gasteiger partial charge on any atom is 0.311 e. The number of aliphatic hydroxyl groups excluding tert-OH is 1. The van der Waals surface area contributed by atoms with Crippen LogP contribution in [-0.2, 0) is 19.1 Å². The van der Waals surface area contributed by atoms with Gasteiger partial charge in [-0.1, -0.05) is 44.6 Å². The highest BCUT2D eigenvalue weighted by Crippen LogP contribution is 2.61. The van der Waals surface area contributed by atoms with Gasteiger partial charge in [-0.2, -0.15) is 0 Å². The number of carbonyl (C=O) groups is 3. The zero-order valence-corrected chi connectivity index (χ0v) is 24.7. The molecule has 2 saturated heterocycles. The third kappa shape index (κ3) is 4.55. The standard InChI is InChI=1S/C31H41N3O5S/c1-5-20(4)23(19-35)34-27-29(37)33(22-14-12-21(13-15-22)32(6-2)7-3)17-10-16-31(27)26(28(34)36)25-24(40-31)11-8-9-18-39-30(25)38/h8,10-16,20,23-27,35H,5-7,9,17-19H2,1-4H3/t20-,23-,24+,25-,26-,27?,31-/m0/s1. The van der Waals surface area contributed by atoms with Gasteiger partial charge in [0, 0.05) is 36.3 Å². The van der Waals surface area contributed by atoms with E-state index < -0.39 is 28.7 Å². The third-order valence-electron chi connectivity index (χ3n) is 9.19. The van der Waals surface area contributed by atoms with Gasteiger partial charge in [0.2, 0.25) is 5.91 Å². The molecule has 1 aromatic rings. The molecule has 40 heavy (non-hydrogen) atoms. The summed E-state index contributed by atoms with van der Waals surface area (Å²) >= 11 is 1.53. The fourth-order valence-corrected chi connectivity index (χ4v) is 8.87. The summed E-state index contributed by atoms with van der Waals surface area (Å²) in [7, 11) is 0. The van der Waals surface area contributed by atoms with Gasteiger partial charge in [-0.05, 0) is 50.5 Å². The molecule has 0 radical (unpaired) electrons. The molecule has 0 aliphatic carbocycles. The average Bonchev–Trinajstić information content (AvgIpc) is 3.33. The minimum absolute atomic E-state index is 0.0309. The van der Waals surface area contributed by atoms with E-state index >= 15 is 0 Å². The summed E-state index contributed by atoms with van der Waals surface area (Å²) in [4.78, 5) is 48.0. The number of aliphatic hydroxyl groups is 1. The number of thioether (sulfide) groups is 1. The predicted octanol–water partition coefficient (Wildman–Crippen LogP) is 3.64. The summed E-state index contributed by atoms with van der Waals surface area (Å²) in [5.74, 6) is -2.27. The molecular weight excluding hydrogens is 526 g/mol. The topological polar surface area (TPSA) is 90.4 Å². The van der Waals surface area contributed by atoms with Crippen LogP contribution >= 0.6 is 11.8 Å². The monoisotopic (exact) mass is 567 g/mol. The molecule has 4 aliphatic heterocycles. The van der Waals surface area contributed by atoms with Crippen LogP contribution < -0.4 is 9.80 Å². The van der Waals surface area contributed by atoms with Crippen molar-refractivity contribution in [2.75, 3.05) is 42.6 Å². The Bertz CT molecular complexity index is 1180. The Morgan fingerprint density at radius 1 is 1.10 bits per heavy atom. The molecule has 5 rings (SSSR count). The molecular formula is C31H41N3O5S. The van der Waals surface area contributed by atoms with E-state index in [1.807, 2.05) is 62.4 Å². The summed E-state index contributed by atoms with van der Waals surface area (Å²) < 4.78 is 4.63. The lowest BCUT2D eigenvalue weighted by Gasteiger charge is -2.40. The number of benzene rings is 1. The fraction of sp³-hybridized carbons (Fsp3) is 0.581. The second-order valence-corrected chi connectivity index (χ2v) is 12.6. The number of anilines is 2. The Labute approximate surface area is 241 Å². The zero-order valence-electron chi connectivity index (χ0n) is 23.9. The normalized spacial score (nSPS) is 31.1. The van der Waals surface area contributed by atoms with E-state index in [0.29, 0.717) is 13.0 Å². The lowest BCUT2D eigenvalue weighted by Crippen LogP contribution is -2.58. The summed E-state index contributed by atoms with van der Waals surface area (Å²) in [5.41, 5.74) is 1.85. The SMILES string of the molecule is CC[C@H](C)[C@H](CO)N1C(=O)[C@@H]2[C@H]3C(=O)OCCC=C[C@H]3S[C@@]23C=CCN(c2ccc(N(CC)CC)cc2)C(=O)C13. The Kier molecular flexibility index (Phi) is 8.34. The van der Waals surface area contributed by atoms with Gasteiger partial charge in [0.15, 0.2) is 0 Å². The number of esters is 1. The quantitative estimate of drug-likeness (QED) is 0.379. The lowest BCUT2D eigenvalue weighted by molar-refractivity contribution is -0.153. The number of fused-ring (bicyclic) bond motifs is 2. The molecule has 0 aromatic heterocycles. The zero-order chi connectivity index (χ0) is 28.6. The number of cyclic esters (lactones) is 1. The number of likely N-dealkylation sites (tertiary alicyclic amines) is 1. The number of hydrogen-bond acceptors (Lipinski definition) is 7. The first kappa shape index (κ1) is 28.7. The average molecular weight is 568 g/mol. The maximum absolute atomic E-state index is 14.7. The Morgan fingerprint density at radius 2 is 1.82 bits per heavy atom. The van der Waals surface area contributed by atoms with Crippen LogP contribution in [0.4, 0.5) is 11.4 Å². The van der Waals surface area contributed by atoms with E-state index in [9.17, 15) is 19.5 Å². The minimum atomic E-state index is -0.937. The molecule has 9 heteroatoms. The maximum atomic E-state index is 14.7. The highest BCUT2D eigenvalue weighted by molar-refractivity contribution is 8.02. The number of amides is 2. The van der Waals surface area contributed by atoms with Crippen molar-refractivity contribution < 1.29 is 24.2 Å². The number of ether oxygens (including phenoxy) is 1. The molecule has 0 saturated carbocycles. The van der Waals surface area contributed by atoms with E-state index in [4.69, 9.17) is 4.74 Å². The molecule has 1 aromatic carbocycles. The Morgan fingerprint density at radius 3 is 2.48 bits per heavy atom. The van der Waals surface area contributed by atoms with Gasteiger partial charge in [-0.25, -0.2) is 0 Å². The van der Waals surface area contributed by atoms with Crippen molar-refractivity contribution in [3.8, 4) is 0 Å². The second kappa shape index (κ2) is 11.6. The van der Waals surface area contributed by atoms with Crippen molar-refractivity contribution in [1.82, 2.24) is 4.90 Å². The molecule has 2 amide bonds. The number of carbonyl (C=O) groups excluding carboxylic acids is 3. The van der Waals surface area contributed by atoms with Crippen molar-refractivity contribution >= 4 is 40.9 Å². The van der Waals surface area contributed by atoms with E-state index in [1.165, 1.54) is 11.8 Å². The highest BCUT2D eigenvalue weighted by Gasteiger charge is 2.72. The molecule has 7 atom stereocenters. The van der Waals surface area contributed by atoms with Crippen LogP contribution in [0.2, 0.25) is 0 Å². The van der Waals surface area contributed by atoms with Crippen LogP contribution in [0, 0.1) is 17.8 Å². The van der Waals surface area contributed by atoms with Crippen molar-refractivity contribution in [2.45, 2.75) is 62.6 Å². The fourth-order valence-electron chi connectivity index (χ4n) is 6.88. The Balaban J connectivity index is 1.60. The van der Waals surface area contributed by atoms with Crippen molar-refractivity contribution in [3.05, 3.63) is 48.6 Å². The van der Waals surface area contributed by atoms with Gasteiger partial charge in [0.05, 0.1) is 35.8 Å². The lowest BCUT2D eigenvalue weighted by atomic mass is 9.78. The van der Waals surface area contributed by atoms with Gasteiger partial charge >= 0.3 is 5.97 Å². The van der Waals surface area contributed by atoms with Gasteiger partial charge < -0.3 is 24.5 Å². The van der Waals surface area contributed by atoms with Gasteiger partial charge in [0.1, 0.15) is 6.04 Å². The number of hydrogen-bond donors (Lipinski definition) is 1. The van der Waals surface area contributed by atoms with E-state index in [1.54, 1.807) is 9.80 Å². The molecule has 4 heterocycles. The van der Waals surface area contributed by atoms with Crippen molar-refractivity contribution in [3.63, 3.8) is 0 Å². The van der Waals surface area contributed by atoms with Gasteiger partial charge in [-0.3, -0.25) is 14.4 Å². The van der Waals surface area contributed by atoms with E-state index in [2.05, 4.69) is 18.7 Å². The summed E-state index contributed by atoms with van der Waals surface area (Å²) in [6, 6.07) is 6.60. The van der Waals surface area contributed by atoms with Crippen molar-refractivity contribution in [1.29, 1.82) is 0 Å². The molecule has 1 spiro atoms. The summed E-state index contributed by atoms with van der Waals surface area (Å²) in [5, 5.41) is 10.3. The largest absolute Gasteiger partial charge is 0.465 e. The molecule has 1 unspecified atom stereocenters. The van der Waals surface area contributed by atoms with Gasteiger partial charge in [0.25, 0.3) is 5.91 Å². The second-order valence-electron chi connectivity index (χ2n) is 11.1. The van der Waals surface area contributed by atoms with Crippen molar-refractivity contribution in [2.24, 2.45) is 17.8 Å². The van der Waals surface area contributed by atoms with Crippen LogP contribution in [0.25, 0.3) is 0 Å². The Hall–Kier alpha value is -2.78. The summed E-state index contributed by atoms with van der Waals surface area (Å²) in [6.45, 7) is 10.4. The predicted molar refractivity (Wildman–Crippen MR) is 158 cm³/mol. The molecule has 2 fully saturated rings. The van der Waals surface area contributed by atoms with Crippen LogP contribution in [-0.4, -0.2) is 82.7 Å². The first-order chi connectivity index (χ1) is 19.3. The van der Waals surface area contributed by atoms with E-state index in [0.717, 1.165) is 30.9 Å². The molecule has 8 nitrogen and oxygen atoms in total. The molecule has 0 bridgehead atoms. The van der Waals surface area contributed by atoms with Crippen LogP contribution in [0.15, 0.2) is 48.6 Å².